The molecule has 0 bridgehead atoms. The largest absolute Gasteiger partial charge is 0.467 e. The van der Waals surface area contributed by atoms with Crippen LogP contribution in [0.2, 0.25) is 0 Å². The summed E-state index contributed by atoms with van der Waals surface area (Å²) >= 11 is 0. The SMILES string of the molecule is Cc1nc(-c2ccc(C(F)(F)F)cc2)ncc1C(=O)NCc1ccco1. The van der Waals surface area contributed by atoms with Gasteiger partial charge in [-0.05, 0) is 31.2 Å². The van der Waals surface area contributed by atoms with Crippen molar-refractivity contribution in [3.05, 3.63) is 71.4 Å². The van der Waals surface area contributed by atoms with Crippen LogP contribution in [0.1, 0.15) is 27.4 Å². The first-order valence-electron chi connectivity index (χ1n) is 7.66. The van der Waals surface area contributed by atoms with Gasteiger partial charge in [0.25, 0.3) is 5.91 Å². The monoisotopic (exact) mass is 361 g/mol. The van der Waals surface area contributed by atoms with Gasteiger partial charge < -0.3 is 9.73 Å². The van der Waals surface area contributed by atoms with Crippen molar-refractivity contribution < 1.29 is 22.4 Å². The maximum absolute atomic E-state index is 12.6. The van der Waals surface area contributed by atoms with Gasteiger partial charge in [-0.15, -0.1) is 0 Å². The molecule has 0 saturated carbocycles. The number of hydrogen-bond acceptors (Lipinski definition) is 4. The predicted molar refractivity (Wildman–Crippen MR) is 87.1 cm³/mol. The Labute approximate surface area is 146 Å². The lowest BCUT2D eigenvalue weighted by Gasteiger charge is -2.09. The van der Waals surface area contributed by atoms with Gasteiger partial charge in [0.2, 0.25) is 0 Å². The number of carbonyl (C=O) groups excluding carboxylic acids is 1. The van der Waals surface area contributed by atoms with Crippen LogP contribution in [0.4, 0.5) is 13.2 Å². The van der Waals surface area contributed by atoms with Gasteiger partial charge in [-0.1, -0.05) is 12.1 Å². The molecular weight excluding hydrogens is 347 g/mol. The molecule has 1 aromatic carbocycles. The molecule has 2 heterocycles. The minimum Gasteiger partial charge on any atom is -0.467 e. The van der Waals surface area contributed by atoms with Gasteiger partial charge in [-0.3, -0.25) is 4.79 Å². The number of furan rings is 1. The first-order chi connectivity index (χ1) is 12.3. The molecule has 0 atom stereocenters. The van der Waals surface area contributed by atoms with Crippen LogP contribution in [0.25, 0.3) is 11.4 Å². The van der Waals surface area contributed by atoms with Crippen LogP contribution < -0.4 is 5.32 Å². The number of nitrogens with one attached hydrogen (secondary N) is 1. The summed E-state index contributed by atoms with van der Waals surface area (Å²) in [6.45, 7) is 1.86. The van der Waals surface area contributed by atoms with E-state index in [1.54, 1.807) is 19.1 Å². The van der Waals surface area contributed by atoms with Crippen LogP contribution in [0.15, 0.2) is 53.3 Å². The zero-order valence-corrected chi connectivity index (χ0v) is 13.7. The van der Waals surface area contributed by atoms with E-state index in [0.717, 1.165) is 12.1 Å². The molecule has 26 heavy (non-hydrogen) atoms. The third kappa shape index (κ3) is 3.90. The molecule has 134 valence electrons. The van der Waals surface area contributed by atoms with Crippen LogP contribution in [0, 0.1) is 6.92 Å². The van der Waals surface area contributed by atoms with Crippen molar-refractivity contribution >= 4 is 5.91 Å². The Morgan fingerprint density at radius 3 is 2.50 bits per heavy atom. The summed E-state index contributed by atoms with van der Waals surface area (Å²) in [5.41, 5.74) is 0.398. The maximum Gasteiger partial charge on any atom is 0.416 e. The molecule has 1 N–H and O–H groups in total. The van der Waals surface area contributed by atoms with E-state index in [2.05, 4.69) is 15.3 Å². The van der Waals surface area contributed by atoms with Crippen molar-refractivity contribution in [2.24, 2.45) is 0 Å². The van der Waals surface area contributed by atoms with E-state index in [1.165, 1.54) is 24.6 Å². The van der Waals surface area contributed by atoms with Gasteiger partial charge in [-0.2, -0.15) is 13.2 Å². The molecule has 0 spiro atoms. The fraction of sp³-hybridized carbons (Fsp3) is 0.167. The highest BCUT2D eigenvalue weighted by molar-refractivity contribution is 5.95. The molecule has 5 nitrogen and oxygen atoms in total. The van der Waals surface area contributed by atoms with Gasteiger partial charge in [0, 0.05) is 11.8 Å². The average molecular weight is 361 g/mol. The Morgan fingerprint density at radius 2 is 1.92 bits per heavy atom. The zero-order chi connectivity index (χ0) is 18.7. The summed E-state index contributed by atoms with van der Waals surface area (Å²) in [5.74, 6) is 0.495. The Kier molecular flexibility index (Phi) is 4.75. The van der Waals surface area contributed by atoms with Crippen LogP contribution in [0.5, 0.6) is 0 Å². The molecule has 0 saturated heterocycles. The van der Waals surface area contributed by atoms with Gasteiger partial charge >= 0.3 is 6.18 Å². The van der Waals surface area contributed by atoms with Crippen molar-refractivity contribution in [3.63, 3.8) is 0 Å². The Morgan fingerprint density at radius 1 is 1.19 bits per heavy atom. The standard InChI is InChI=1S/C18H14F3N3O2/c1-11-15(17(25)23-9-14-3-2-8-26-14)10-22-16(24-11)12-4-6-13(7-5-12)18(19,20)21/h2-8,10H,9H2,1H3,(H,23,25). The van der Waals surface area contributed by atoms with Crippen molar-refractivity contribution in [1.29, 1.82) is 0 Å². The Hall–Kier alpha value is -3.16. The number of hydrogen-bond donors (Lipinski definition) is 1. The molecule has 2 aromatic heterocycles. The molecule has 0 unspecified atom stereocenters. The van der Waals surface area contributed by atoms with Gasteiger partial charge in [0.1, 0.15) is 5.76 Å². The summed E-state index contributed by atoms with van der Waals surface area (Å²) < 4.78 is 43.0. The predicted octanol–water partition coefficient (Wildman–Crippen LogP) is 3.99. The first-order valence-corrected chi connectivity index (χ1v) is 7.66. The lowest BCUT2D eigenvalue weighted by atomic mass is 10.1. The van der Waals surface area contributed by atoms with Crippen LogP contribution >= 0.6 is 0 Å². The molecule has 0 aliphatic rings. The summed E-state index contributed by atoms with van der Waals surface area (Å²) in [4.78, 5) is 20.5. The fourth-order valence-corrected chi connectivity index (χ4v) is 2.31. The number of halogens is 3. The fourth-order valence-electron chi connectivity index (χ4n) is 2.31. The summed E-state index contributed by atoms with van der Waals surface area (Å²) in [6, 6.07) is 7.99. The molecule has 3 aromatic rings. The second kappa shape index (κ2) is 6.99. The summed E-state index contributed by atoms with van der Waals surface area (Å²) in [6.07, 6.45) is -1.53. The maximum atomic E-state index is 12.6. The van der Waals surface area contributed by atoms with E-state index in [1.807, 2.05) is 0 Å². The highest BCUT2D eigenvalue weighted by Gasteiger charge is 2.30. The average Bonchev–Trinajstić information content (AvgIpc) is 3.12. The lowest BCUT2D eigenvalue weighted by Crippen LogP contribution is -2.24. The second-order valence-electron chi connectivity index (χ2n) is 5.53. The second-order valence-corrected chi connectivity index (χ2v) is 5.53. The number of carbonyl (C=O) groups is 1. The minimum absolute atomic E-state index is 0.228. The molecule has 3 rings (SSSR count). The topological polar surface area (TPSA) is 68.0 Å². The van der Waals surface area contributed by atoms with E-state index < -0.39 is 11.7 Å². The molecule has 0 fully saturated rings. The third-order valence-electron chi connectivity index (χ3n) is 3.70. The van der Waals surface area contributed by atoms with Crippen molar-refractivity contribution in [2.45, 2.75) is 19.6 Å². The molecule has 8 heteroatoms. The minimum atomic E-state index is -4.40. The van der Waals surface area contributed by atoms with Crippen LogP contribution in [0.3, 0.4) is 0 Å². The number of alkyl halides is 3. The van der Waals surface area contributed by atoms with Crippen molar-refractivity contribution in [1.82, 2.24) is 15.3 Å². The van der Waals surface area contributed by atoms with Crippen LogP contribution in [-0.2, 0) is 12.7 Å². The first kappa shape index (κ1) is 17.7. The number of amides is 1. The summed E-state index contributed by atoms with van der Waals surface area (Å²) in [7, 11) is 0. The van der Waals surface area contributed by atoms with E-state index in [9.17, 15) is 18.0 Å². The number of aromatic nitrogens is 2. The van der Waals surface area contributed by atoms with E-state index in [-0.39, 0.29) is 23.8 Å². The molecular formula is C18H14F3N3O2. The zero-order valence-electron chi connectivity index (χ0n) is 13.7. The summed E-state index contributed by atoms with van der Waals surface area (Å²) in [5, 5.41) is 2.69. The quantitative estimate of drug-likeness (QED) is 0.763. The van der Waals surface area contributed by atoms with E-state index >= 15 is 0 Å². The van der Waals surface area contributed by atoms with Crippen molar-refractivity contribution in [2.75, 3.05) is 0 Å². The van der Waals surface area contributed by atoms with E-state index in [0.29, 0.717) is 17.0 Å². The highest BCUT2D eigenvalue weighted by Crippen LogP contribution is 2.30. The molecule has 0 aliphatic heterocycles. The van der Waals surface area contributed by atoms with E-state index in [4.69, 9.17) is 4.42 Å². The van der Waals surface area contributed by atoms with Gasteiger partial charge in [-0.25, -0.2) is 9.97 Å². The molecule has 0 radical (unpaired) electrons. The normalized spacial score (nSPS) is 11.4. The Bertz CT molecular complexity index is 904. The third-order valence-corrected chi connectivity index (χ3v) is 3.70. The van der Waals surface area contributed by atoms with Crippen LogP contribution in [-0.4, -0.2) is 15.9 Å². The molecule has 0 aliphatic carbocycles. The molecule has 1 amide bonds. The van der Waals surface area contributed by atoms with Gasteiger partial charge in [0.05, 0.1) is 29.6 Å². The smallest absolute Gasteiger partial charge is 0.416 e. The number of nitrogens with zero attached hydrogens (tertiary/aromatic N) is 2. The van der Waals surface area contributed by atoms with Gasteiger partial charge in [0.15, 0.2) is 5.82 Å². The lowest BCUT2D eigenvalue weighted by molar-refractivity contribution is -0.137. The number of benzene rings is 1. The highest BCUT2D eigenvalue weighted by atomic mass is 19.4. The Balaban J connectivity index is 1.75. The number of rotatable bonds is 4. The number of aryl methyl sites for hydroxylation is 1. The van der Waals surface area contributed by atoms with Crippen molar-refractivity contribution in [3.8, 4) is 11.4 Å².